The van der Waals surface area contributed by atoms with E-state index in [-0.39, 0.29) is 10.6 Å². The minimum atomic E-state index is -4.12. The molecule has 0 aromatic heterocycles. The summed E-state index contributed by atoms with van der Waals surface area (Å²) in [7, 11) is -4.12. The van der Waals surface area contributed by atoms with Crippen molar-refractivity contribution in [2.75, 3.05) is 4.90 Å². The van der Waals surface area contributed by atoms with Crippen molar-refractivity contribution in [1.29, 1.82) is 0 Å². The summed E-state index contributed by atoms with van der Waals surface area (Å²) in [4.78, 5) is 24.6. The van der Waals surface area contributed by atoms with Crippen molar-refractivity contribution in [2.45, 2.75) is 24.8 Å². The molecule has 0 fully saturated rings. The number of aryl methyl sites for hydroxylation is 1. The third-order valence-electron chi connectivity index (χ3n) is 3.55. The number of carboxylic acid groups (broad SMARTS) is 1. The average molecular weight is 362 g/mol. The molecule has 7 nitrogen and oxygen atoms in total. The summed E-state index contributed by atoms with van der Waals surface area (Å²) in [6, 6.07) is 11.7. The second-order valence-corrected chi connectivity index (χ2v) is 7.13. The Morgan fingerprint density at radius 1 is 1.04 bits per heavy atom. The Hall–Kier alpha value is -2.87. The highest BCUT2D eigenvalue weighted by atomic mass is 32.2. The maximum absolute atomic E-state index is 12.5. The standard InChI is InChI=1S/C17H18N2O5S/c1-12-8-10-15(11-9-12)25(23,24)18-17(22)19(13(2)16(20)21)14-6-4-3-5-7-14/h3-11,13H,1-2H3,(H,18,22)(H,20,21)/t13-/m0/s1. The second kappa shape index (κ2) is 7.35. The van der Waals surface area contributed by atoms with Crippen LogP contribution >= 0.6 is 0 Å². The van der Waals surface area contributed by atoms with E-state index in [0.717, 1.165) is 10.5 Å². The fraction of sp³-hybridized carbons (Fsp3) is 0.176. The Balaban J connectivity index is 2.34. The van der Waals surface area contributed by atoms with Crippen molar-refractivity contribution in [1.82, 2.24) is 4.72 Å². The van der Waals surface area contributed by atoms with Crippen LogP contribution in [0.4, 0.5) is 10.5 Å². The van der Waals surface area contributed by atoms with E-state index >= 15 is 0 Å². The average Bonchev–Trinajstić information content (AvgIpc) is 2.55. The predicted octanol–water partition coefficient (Wildman–Crippen LogP) is 2.37. The summed E-state index contributed by atoms with van der Waals surface area (Å²) >= 11 is 0. The van der Waals surface area contributed by atoms with Gasteiger partial charge in [0.2, 0.25) is 0 Å². The number of benzene rings is 2. The number of para-hydroxylation sites is 1. The number of hydrogen-bond acceptors (Lipinski definition) is 4. The van der Waals surface area contributed by atoms with Gasteiger partial charge < -0.3 is 5.11 Å². The summed E-state index contributed by atoms with van der Waals surface area (Å²) in [6.45, 7) is 3.11. The minimum absolute atomic E-state index is 0.0811. The SMILES string of the molecule is Cc1ccc(S(=O)(=O)NC(=O)N(c2ccccc2)[C@@H](C)C(=O)O)cc1. The van der Waals surface area contributed by atoms with Gasteiger partial charge in [0.05, 0.1) is 4.90 Å². The van der Waals surface area contributed by atoms with Gasteiger partial charge in [-0.05, 0) is 38.1 Å². The molecule has 0 heterocycles. The molecule has 1 atom stereocenters. The van der Waals surface area contributed by atoms with E-state index < -0.39 is 28.1 Å². The maximum Gasteiger partial charge on any atom is 0.336 e. The highest BCUT2D eigenvalue weighted by Gasteiger charge is 2.30. The zero-order chi connectivity index (χ0) is 18.6. The fourth-order valence-corrected chi connectivity index (χ4v) is 3.10. The zero-order valence-corrected chi connectivity index (χ0v) is 14.5. The molecule has 0 aliphatic carbocycles. The van der Waals surface area contributed by atoms with Crippen LogP contribution in [-0.2, 0) is 14.8 Å². The number of urea groups is 1. The van der Waals surface area contributed by atoms with Crippen LogP contribution in [0.2, 0.25) is 0 Å². The molecule has 0 unspecified atom stereocenters. The molecule has 0 bridgehead atoms. The quantitative estimate of drug-likeness (QED) is 0.850. The number of sulfonamides is 1. The van der Waals surface area contributed by atoms with Crippen LogP contribution in [0, 0.1) is 6.92 Å². The number of carboxylic acids is 1. The smallest absolute Gasteiger partial charge is 0.336 e. The molecule has 8 heteroatoms. The number of hydrogen-bond donors (Lipinski definition) is 2. The van der Waals surface area contributed by atoms with E-state index in [4.69, 9.17) is 0 Å². The highest BCUT2D eigenvalue weighted by Crippen LogP contribution is 2.18. The highest BCUT2D eigenvalue weighted by molar-refractivity contribution is 7.90. The predicted molar refractivity (Wildman–Crippen MR) is 92.9 cm³/mol. The number of rotatable bonds is 5. The van der Waals surface area contributed by atoms with Crippen molar-refractivity contribution in [3.05, 3.63) is 60.2 Å². The van der Waals surface area contributed by atoms with Gasteiger partial charge in [-0.2, -0.15) is 0 Å². The van der Waals surface area contributed by atoms with Crippen molar-refractivity contribution >= 4 is 27.7 Å². The van der Waals surface area contributed by atoms with Gasteiger partial charge in [0.1, 0.15) is 6.04 Å². The van der Waals surface area contributed by atoms with Gasteiger partial charge in [0.15, 0.2) is 0 Å². The van der Waals surface area contributed by atoms with Gasteiger partial charge in [-0.25, -0.2) is 22.7 Å². The van der Waals surface area contributed by atoms with Gasteiger partial charge in [-0.1, -0.05) is 35.9 Å². The first-order chi connectivity index (χ1) is 11.7. The third-order valence-corrected chi connectivity index (χ3v) is 4.89. The Labute approximate surface area is 146 Å². The van der Waals surface area contributed by atoms with Crippen molar-refractivity contribution in [3.8, 4) is 0 Å². The van der Waals surface area contributed by atoms with Crippen LogP contribution in [0.15, 0.2) is 59.5 Å². The molecule has 0 aliphatic heterocycles. The molecule has 2 aromatic carbocycles. The first-order valence-electron chi connectivity index (χ1n) is 7.43. The van der Waals surface area contributed by atoms with Crippen LogP contribution in [0.5, 0.6) is 0 Å². The Morgan fingerprint density at radius 3 is 2.12 bits per heavy atom. The number of nitrogens with one attached hydrogen (secondary N) is 1. The summed E-state index contributed by atoms with van der Waals surface area (Å²) in [5.41, 5.74) is 1.14. The lowest BCUT2D eigenvalue weighted by Gasteiger charge is -2.26. The lowest BCUT2D eigenvalue weighted by atomic mass is 10.2. The number of nitrogens with zero attached hydrogens (tertiary/aromatic N) is 1. The number of aliphatic carboxylic acids is 1. The summed E-state index contributed by atoms with van der Waals surface area (Å²) in [5.74, 6) is -1.26. The van der Waals surface area contributed by atoms with E-state index in [1.165, 1.54) is 31.2 Å². The van der Waals surface area contributed by atoms with Gasteiger partial charge >= 0.3 is 12.0 Å². The Kier molecular flexibility index (Phi) is 5.43. The maximum atomic E-state index is 12.5. The van der Waals surface area contributed by atoms with Crippen LogP contribution in [-0.4, -0.2) is 31.6 Å². The van der Waals surface area contributed by atoms with Crippen LogP contribution in [0.25, 0.3) is 0 Å². The number of anilines is 1. The summed E-state index contributed by atoms with van der Waals surface area (Å²) in [6.07, 6.45) is 0. The molecule has 2 aromatic rings. The van der Waals surface area contributed by atoms with E-state index in [2.05, 4.69) is 0 Å². The first kappa shape index (κ1) is 18.5. The molecule has 2 N–H and O–H groups in total. The number of carbonyl (C=O) groups excluding carboxylic acids is 1. The molecule has 132 valence electrons. The molecule has 2 rings (SSSR count). The molecule has 0 aliphatic rings. The van der Waals surface area contributed by atoms with Crippen LogP contribution in [0.3, 0.4) is 0 Å². The molecule has 0 saturated heterocycles. The molecule has 0 spiro atoms. The van der Waals surface area contributed by atoms with Crippen molar-refractivity contribution in [3.63, 3.8) is 0 Å². The second-order valence-electron chi connectivity index (χ2n) is 5.44. The largest absolute Gasteiger partial charge is 0.480 e. The van der Waals surface area contributed by atoms with Crippen molar-refractivity contribution < 1.29 is 23.1 Å². The molecular formula is C17H18N2O5S. The first-order valence-corrected chi connectivity index (χ1v) is 8.91. The molecule has 2 amide bonds. The van der Waals surface area contributed by atoms with Gasteiger partial charge in [0, 0.05) is 5.69 Å². The third kappa shape index (κ3) is 4.36. The fourth-order valence-electron chi connectivity index (χ4n) is 2.16. The van der Waals surface area contributed by atoms with E-state index in [1.807, 2.05) is 4.72 Å². The van der Waals surface area contributed by atoms with Crippen molar-refractivity contribution in [2.24, 2.45) is 0 Å². The lowest BCUT2D eigenvalue weighted by molar-refractivity contribution is -0.138. The summed E-state index contributed by atoms with van der Waals surface area (Å²) in [5, 5.41) is 9.24. The molecular weight excluding hydrogens is 344 g/mol. The van der Waals surface area contributed by atoms with E-state index in [9.17, 15) is 23.1 Å². The van der Waals surface area contributed by atoms with E-state index in [0.29, 0.717) is 0 Å². The Bertz CT molecular complexity index is 864. The monoisotopic (exact) mass is 362 g/mol. The molecule has 0 radical (unpaired) electrons. The normalized spacial score (nSPS) is 12.2. The minimum Gasteiger partial charge on any atom is -0.480 e. The lowest BCUT2D eigenvalue weighted by Crippen LogP contribution is -2.50. The van der Waals surface area contributed by atoms with Crippen LogP contribution < -0.4 is 9.62 Å². The van der Waals surface area contributed by atoms with Gasteiger partial charge in [-0.3, -0.25) is 4.90 Å². The van der Waals surface area contributed by atoms with Crippen LogP contribution in [0.1, 0.15) is 12.5 Å². The number of amides is 2. The topological polar surface area (TPSA) is 104 Å². The number of carbonyl (C=O) groups is 2. The molecule has 25 heavy (non-hydrogen) atoms. The van der Waals surface area contributed by atoms with Gasteiger partial charge in [-0.15, -0.1) is 0 Å². The molecule has 0 saturated carbocycles. The van der Waals surface area contributed by atoms with E-state index in [1.54, 1.807) is 37.3 Å². The summed E-state index contributed by atoms with van der Waals surface area (Å²) < 4.78 is 26.7. The Morgan fingerprint density at radius 2 is 1.60 bits per heavy atom. The zero-order valence-electron chi connectivity index (χ0n) is 13.7. The van der Waals surface area contributed by atoms with Gasteiger partial charge in [0.25, 0.3) is 10.0 Å².